The van der Waals surface area contributed by atoms with Crippen molar-refractivity contribution in [3.8, 4) is 11.5 Å². The highest BCUT2D eigenvalue weighted by Gasteiger charge is 2.10. The summed E-state index contributed by atoms with van der Waals surface area (Å²) < 4.78 is 19.5. The summed E-state index contributed by atoms with van der Waals surface area (Å²) in [5, 5.41) is 2.48. The molecule has 4 nitrogen and oxygen atoms in total. The molecule has 110 valence electrons. The van der Waals surface area contributed by atoms with Crippen molar-refractivity contribution in [2.24, 2.45) is 0 Å². The second-order valence-corrected chi connectivity index (χ2v) is 4.90. The van der Waals surface area contributed by atoms with Gasteiger partial charge in [-0.25, -0.2) is 4.39 Å². The molecule has 1 aromatic carbocycles. The monoisotopic (exact) mass is 288 g/mol. The molecule has 2 rings (SSSR count). The second kappa shape index (κ2) is 6.35. The van der Waals surface area contributed by atoms with Crippen molar-refractivity contribution in [1.82, 2.24) is 10.3 Å². The van der Waals surface area contributed by atoms with E-state index in [2.05, 4.69) is 10.3 Å². The predicted octanol–water partition coefficient (Wildman–Crippen LogP) is 3.50. The van der Waals surface area contributed by atoms with Gasteiger partial charge in [0.15, 0.2) is 0 Å². The van der Waals surface area contributed by atoms with Crippen LogP contribution in [-0.4, -0.2) is 17.9 Å². The van der Waals surface area contributed by atoms with Crippen LogP contribution in [0.1, 0.15) is 35.8 Å². The molecule has 0 atom stereocenters. The fraction of sp³-hybridized carbons (Fsp3) is 0.250. The number of pyridine rings is 1. The zero-order valence-corrected chi connectivity index (χ0v) is 12.2. The van der Waals surface area contributed by atoms with Crippen molar-refractivity contribution in [2.75, 3.05) is 7.05 Å². The van der Waals surface area contributed by atoms with Crippen molar-refractivity contribution in [2.45, 2.75) is 19.8 Å². The lowest BCUT2D eigenvalue weighted by molar-refractivity contribution is 0.0958. The lowest BCUT2D eigenvalue weighted by Crippen LogP contribution is -2.18. The molecule has 5 heteroatoms. The van der Waals surface area contributed by atoms with Crippen LogP contribution in [0.15, 0.2) is 36.5 Å². The molecule has 0 spiro atoms. The minimum absolute atomic E-state index is 0.111. The molecule has 0 radical (unpaired) electrons. The third kappa shape index (κ3) is 3.56. The average Bonchev–Trinajstić information content (AvgIpc) is 2.46. The summed E-state index contributed by atoms with van der Waals surface area (Å²) in [6, 6.07) is 7.87. The third-order valence-corrected chi connectivity index (χ3v) is 3.02. The van der Waals surface area contributed by atoms with Gasteiger partial charge in [-0.3, -0.25) is 9.78 Å². The fourth-order valence-corrected chi connectivity index (χ4v) is 1.90. The van der Waals surface area contributed by atoms with Gasteiger partial charge in [-0.1, -0.05) is 19.9 Å². The number of halogens is 1. The van der Waals surface area contributed by atoms with Gasteiger partial charge in [0.05, 0.1) is 0 Å². The quantitative estimate of drug-likeness (QED) is 0.936. The second-order valence-electron chi connectivity index (χ2n) is 4.90. The Morgan fingerprint density at radius 1 is 1.24 bits per heavy atom. The Morgan fingerprint density at radius 3 is 2.57 bits per heavy atom. The van der Waals surface area contributed by atoms with Gasteiger partial charge in [-0.2, -0.15) is 0 Å². The van der Waals surface area contributed by atoms with Crippen molar-refractivity contribution in [1.29, 1.82) is 0 Å². The Balaban J connectivity index is 2.22. The van der Waals surface area contributed by atoms with E-state index in [-0.39, 0.29) is 23.3 Å². The van der Waals surface area contributed by atoms with Gasteiger partial charge < -0.3 is 10.1 Å². The topological polar surface area (TPSA) is 51.2 Å². The first-order valence-electron chi connectivity index (χ1n) is 6.66. The number of hydrogen-bond donors (Lipinski definition) is 1. The Morgan fingerprint density at radius 2 is 1.95 bits per heavy atom. The molecule has 2 aromatic rings. The number of rotatable bonds is 4. The lowest BCUT2D eigenvalue weighted by atomic mass is 10.0. The Labute approximate surface area is 123 Å². The number of nitrogens with one attached hydrogen (secondary N) is 1. The van der Waals surface area contributed by atoms with E-state index in [1.54, 1.807) is 18.2 Å². The maximum Gasteiger partial charge on any atom is 0.269 e. The van der Waals surface area contributed by atoms with Gasteiger partial charge in [0, 0.05) is 25.4 Å². The van der Waals surface area contributed by atoms with Crippen LogP contribution in [0.3, 0.4) is 0 Å². The van der Waals surface area contributed by atoms with Crippen LogP contribution in [0.4, 0.5) is 4.39 Å². The molecule has 0 aliphatic rings. The molecular weight excluding hydrogens is 271 g/mol. The number of benzene rings is 1. The zero-order chi connectivity index (χ0) is 15.4. The molecule has 0 saturated heterocycles. The number of amides is 1. The first kappa shape index (κ1) is 15.0. The fourth-order valence-electron chi connectivity index (χ4n) is 1.90. The minimum atomic E-state index is -0.304. The Kier molecular flexibility index (Phi) is 4.52. The van der Waals surface area contributed by atoms with Gasteiger partial charge in [0.2, 0.25) is 0 Å². The highest BCUT2D eigenvalue weighted by atomic mass is 19.1. The van der Waals surface area contributed by atoms with Crippen LogP contribution in [0, 0.1) is 5.82 Å². The average molecular weight is 288 g/mol. The molecule has 0 aliphatic heterocycles. The first-order valence-corrected chi connectivity index (χ1v) is 6.66. The molecule has 21 heavy (non-hydrogen) atoms. The molecule has 1 amide bonds. The number of ether oxygens (including phenoxy) is 1. The zero-order valence-electron chi connectivity index (χ0n) is 12.2. The lowest BCUT2D eigenvalue weighted by Gasteiger charge is -2.10. The van der Waals surface area contributed by atoms with Crippen LogP contribution in [0.2, 0.25) is 0 Å². The van der Waals surface area contributed by atoms with E-state index >= 15 is 0 Å². The van der Waals surface area contributed by atoms with Crippen molar-refractivity contribution in [3.63, 3.8) is 0 Å². The maximum atomic E-state index is 13.9. The number of hydrogen-bond acceptors (Lipinski definition) is 3. The highest BCUT2D eigenvalue weighted by Crippen LogP contribution is 2.26. The van der Waals surface area contributed by atoms with Crippen LogP contribution < -0.4 is 10.1 Å². The standard InChI is InChI=1S/C16H17FN2O2/c1-10(2)13-5-4-11(8-14(13)17)21-12-6-7-19-15(9-12)16(20)18-3/h4-10H,1-3H3,(H,18,20). The number of carbonyl (C=O) groups is 1. The maximum absolute atomic E-state index is 13.9. The van der Waals surface area contributed by atoms with Crippen LogP contribution in [0.25, 0.3) is 0 Å². The van der Waals surface area contributed by atoms with E-state index in [9.17, 15) is 9.18 Å². The summed E-state index contributed by atoms with van der Waals surface area (Å²) in [6.07, 6.45) is 1.47. The molecule has 0 bridgehead atoms. The van der Waals surface area contributed by atoms with E-state index in [0.29, 0.717) is 17.1 Å². The van der Waals surface area contributed by atoms with E-state index in [0.717, 1.165) is 0 Å². The van der Waals surface area contributed by atoms with Gasteiger partial charge in [-0.15, -0.1) is 0 Å². The summed E-state index contributed by atoms with van der Waals surface area (Å²) in [5.74, 6) is 0.316. The first-order chi connectivity index (χ1) is 10.0. The van der Waals surface area contributed by atoms with Gasteiger partial charge in [0.1, 0.15) is 23.0 Å². The van der Waals surface area contributed by atoms with E-state index < -0.39 is 0 Å². The molecule has 1 aromatic heterocycles. The van der Waals surface area contributed by atoms with Gasteiger partial charge in [-0.05, 0) is 23.6 Å². The molecule has 0 unspecified atom stereocenters. The van der Waals surface area contributed by atoms with E-state index in [1.165, 1.54) is 25.4 Å². The van der Waals surface area contributed by atoms with Gasteiger partial charge in [0.25, 0.3) is 5.91 Å². The predicted molar refractivity (Wildman–Crippen MR) is 78.2 cm³/mol. The summed E-state index contributed by atoms with van der Waals surface area (Å²) in [7, 11) is 1.53. The summed E-state index contributed by atoms with van der Waals surface area (Å²) in [5.41, 5.74) is 0.886. The summed E-state index contributed by atoms with van der Waals surface area (Å²) >= 11 is 0. The SMILES string of the molecule is CNC(=O)c1cc(Oc2ccc(C(C)C)c(F)c2)ccn1. The molecule has 1 N–H and O–H groups in total. The Hall–Kier alpha value is -2.43. The van der Waals surface area contributed by atoms with Crippen LogP contribution >= 0.6 is 0 Å². The Bertz CT molecular complexity index is 656. The van der Waals surface area contributed by atoms with Crippen LogP contribution in [0.5, 0.6) is 11.5 Å². The third-order valence-electron chi connectivity index (χ3n) is 3.02. The number of nitrogens with zero attached hydrogens (tertiary/aromatic N) is 1. The molecule has 0 saturated carbocycles. The largest absolute Gasteiger partial charge is 0.457 e. The number of carbonyl (C=O) groups excluding carboxylic acids is 1. The summed E-state index contributed by atoms with van der Waals surface area (Å²) in [4.78, 5) is 15.4. The van der Waals surface area contributed by atoms with Crippen LogP contribution in [-0.2, 0) is 0 Å². The highest BCUT2D eigenvalue weighted by molar-refractivity contribution is 5.92. The van der Waals surface area contributed by atoms with Crippen molar-refractivity contribution >= 4 is 5.91 Å². The van der Waals surface area contributed by atoms with Crippen molar-refractivity contribution < 1.29 is 13.9 Å². The van der Waals surface area contributed by atoms with Crippen molar-refractivity contribution in [3.05, 3.63) is 53.6 Å². The molecule has 1 heterocycles. The summed E-state index contributed by atoms with van der Waals surface area (Å²) in [6.45, 7) is 3.86. The van der Waals surface area contributed by atoms with Gasteiger partial charge >= 0.3 is 0 Å². The van der Waals surface area contributed by atoms with E-state index in [1.807, 2.05) is 13.8 Å². The number of aromatic nitrogens is 1. The minimum Gasteiger partial charge on any atom is -0.457 e. The molecule has 0 aliphatic carbocycles. The smallest absolute Gasteiger partial charge is 0.269 e. The normalized spacial score (nSPS) is 10.5. The molecule has 0 fully saturated rings. The van der Waals surface area contributed by atoms with E-state index in [4.69, 9.17) is 4.74 Å². The molecular formula is C16H17FN2O2.